The molecule has 6 heterocycles. The Balaban J connectivity index is 0.000000160. The summed E-state index contributed by atoms with van der Waals surface area (Å²) in [5.41, 5.74) is 6.96. The first-order valence-corrected chi connectivity index (χ1v) is 30.5. The predicted molar refractivity (Wildman–Crippen MR) is 333 cm³/mol. The van der Waals surface area contributed by atoms with Gasteiger partial charge in [-0.25, -0.2) is 4.98 Å². The Morgan fingerprint density at radius 2 is 0.926 bits per heavy atom. The van der Waals surface area contributed by atoms with Crippen molar-refractivity contribution in [3.63, 3.8) is 0 Å². The second-order valence-electron chi connectivity index (χ2n) is 22.6. The summed E-state index contributed by atoms with van der Waals surface area (Å²) in [5.74, 6) is -0.605. The molecule has 19 heteroatoms. The van der Waals surface area contributed by atoms with Gasteiger partial charge < -0.3 is 43.6 Å². The number of nitrogens with one attached hydrogen (secondary N) is 3. The fraction of sp³-hybridized carbons (Fsp3) is 0.387. The van der Waals surface area contributed by atoms with Gasteiger partial charge in [-0.1, -0.05) is 101 Å². The maximum absolute atomic E-state index is 12.7. The number of hydrogen-bond donors (Lipinski definition) is 3. The molecule has 3 aromatic heterocycles. The first kappa shape index (κ1) is 62.1. The molecule has 0 atom stereocenters. The number of benzene rings is 4. The summed E-state index contributed by atoms with van der Waals surface area (Å²) >= 11 is 26.8. The molecule has 4 aromatic carbocycles. The van der Waals surface area contributed by atoms with E-state index in [1.54, 1.807) is 18.2 Å². The number of pyridine rings is 1. The Kier molecular flexibility index (Phi) is 21.9. The Labute approximate surface area is 504 Å². The van der Waals surface area contributed by atoms with Crippen molar-refractivity contribution in [1.29, 1.82) is 0 Å². The van der Waals surface area contributed by atoms with Crippen molar-refractivity contribution in [1.82, 2.24) is 4.98 Å². The summed E-state index contributed by atoms with van der Waals surface area (Å²) in [6, 6.07) is 38.6. The van der Waals surface area contributed by atoms with Crippen LogP contribution in [0.2, 0.25) is 18.8 Å². The summed E-state index contributed by atoms with van der Waals surface area (Å²) in [4.78, 5) is 41.7. The Hall–Kier alpha value is -4.98. The number of fused-ring (bicyclic) bond motifs is 1. The van der Waals surface area contributed by atoms with Crippen molar-refractivity contribution in [3.05, 3.63) is 173 Å². The number of ether oxygens (including phenoxy) is 3. The van der Waals surface area contributed by atoms with Gasteiger partial charge in [0.25, 0.3) is 17.7 Å². The van der Waals surface area contributed by atoms with Crippen molar-refractivity contribution in [2.75, 3.05) is 97.9 Å². The van der Waals surface area contributed by atoms with E-state index in [9.17, 15) is 14.4 Å². The number of rotatable bonds is 15. The molecule has 3 fully saturated rings. The average Bonchev–Trinajstić information content (AvgIpc) is 4.04. The van der Waals surface area contributed by atoms with E-state index in [0.29, 0.717) is 53.0 Å². The largest absolute Gasteiger partial charge is 0.381 e. The Morgan fingerprint density at radius 3 is 1.32 bits per heavy atom. The lowest BCUT2D eigenvalue weighted by Gasteiger charge is -2.40. The zero-order valence-electron chi connectivity index (χ0n) is 47.0. The normalized spacial score (nSPS) is 15.7. The molecule has 0 unspecified atom stereocenters. The maximum atomic E-state index is 12.7. The number of nitrogens with zero attached hydrogens (tertiary/aromatic N) is 4. The zero-order chi connectivity index (χ0) is 57.7. The van der Waals surface area contributed by atoms with Crippen molar-refractivity contribution in [2.45, 2.75) is 76.3 Å². The molecule has 7 aromatic rings. The first-order chi connectivity index (χ1) is 38.7. The van der Waals surface area contributed by atoms with E-state index in [0.717, 1.165) is 138 Å². The first-order valence-electron chi connectivity index (χ1n) is 27.4. The summed E-state index contributed by atoms with van der Waals surface area (Å²) in [6.07, 6.45) is 8.16. The number of amides is 3. The van der Waals surface area contributed by atoms with Crippen LogP contribution in [-0.2, 0) is 33.8 Å². The minimum Gasteiger partial charge on any atom is -0.381 e. The van der Waals surface area contributed by atoms with Crippen LogP contribution in [-0.4, -0.2) is 136 Å². The molecule has 0 spiro atoms. The molecule has 3 amide bonds. The lowest BCUT2D eigenvalue weighted by Crippen LogP contribution is -2.50. The highest BCUT2D eigenvalue weighted by Gasteiger charge is 2.33. The van der Waals surface area contributed by atoms with Crippen LogP contribution < -0.4 is 16.0 Å². The molecule has 81 heavy (non-hydrogen) atoms. The van der Waals surface area contributed by atoms with Crippen LogP contribution in [0.25, 0.3) is 10.1 Å². The van der Waals surface area contributed by atoms with E-state index >= 15 is 0 Å². The van der Waals surface area contributed by atoms with Crippen LogP contribution in [0.3, 0.4) is 0 Å². The van der Waals surface area contributed by atoms with Crippen LogP contribution in [0.1, 0.15) is 85.6 Å². The van der Waals surface area contributed by atoms with Crippen LogP contribution >= 0.6 is 69.1 Å². The number of carbonyl (C=O) groups is 3. The van der Waals surface area contributed by atoms with Gasteiger partial charge in [0.05, 0.1) is 115 Å². The molecule has 3 saturated heterocycles. The predicted octanol–water partition coefficient (Wildman–Crippen LogP) is 14.4. The van der Waals surface area contributed by atoms with Crippen molar-refractivity contribution >= 4 is 114 Å². The molecule has 10 rings (SSSR count). The van der Waals surface area contributed by atoms with Gasteiger partial charge in [-0.15, -0.1) is 22.7 Å². The molecule has 0 saturated carbocycles. The summed E-state index contributed by atoms with van der Waals surface area (Å²) in [5, 5.41) is 10.5. The van der Waals surface area contributed by atoms with Gasteiger partial charge >= 0.3 is 0 Å². The van der Waals surface area contributed by atoms with E-state index < -0.39 is 0 Å². The van der Waals surface area contributed by atoms with Crippen molar-refractivity contribution in [3.8, 4) is 0 Å². The second kappa shape index (κ2) is 28.5. The third-order valence-corrected chi connectivity index (χ3v) is 18.9. The summed E-state index contributed by atoms with van der Waals surface area (Å²) in [7, 11) is 13.7. The van der Waals surface area contributed by atoms with Gasteiger partial charge in [0, 0.05) is 94.1 Å². The average molecular weight is 1220 g/mol. The molecule has 3 aliphatic heterocycles. The number of anilines is 3. The highest BCUT2D eigenvalue weighted by molar-refractivity contribution is 7.21. The van der Waals surface area contributed by atoms with E-state index in [1.807, 2.05) is 60.7 Å². The van der Waals surface area contributed by atoms with E-state index in [4.69, 9.17) is 60.6 Å². The second-order valence-corrected chi connectivity index (χ2v) is 26.7. The van der Waals surface area contributed by atoms with Crippen LogP contribution in [0, 0.1) is 0 Å². The van der Waals surface area contributed by atoms with Gasteiger partial charge in [0.2, 0.25) is 0 Å². The SMILES string of the molecule is C[N+](C)(Cc1ccc(NC(=O)c2cc(Cl)sc2Cl)cc1)C1CCOCC1.C[N+](C)(Cc1ccc(NC(=O)c2ccnc(Cl)c2)cc1)C1CCOCC1.C[N+](C)(Cc1ccc(NC(=O)c2sc3ccccc3c2Cl)cc1)C1CCOCC1. The standard InChI is InChI=1S/C23H25ClN2O2S.C20H24ClN3O2.C19H22Cl2N2O2S/c1-26(2,18-11-13-28-14-12-18)15-16-7-9-17(10-8-16)25-23(27)22-21(24)19-5-3-4-6-20(19)29-22;1-24(2,18-8-11-26-12-9-18)14-15-3-5-17(6-4-15)23-20(25)16-7-10-22-19(21)13-16;1-23(2,15-7-9-25-10-8-15)12-13-3-5-14(6-4-13)22-19(24)16-11-17(20)26-18(16)21/h3-10,18H,11-15H2,1-2H3;3-7,10,13,18H,8-9,11-12,14H2,1-2H3;3-6,11,15H,7-10,12H2,1-2H3/p+3. The molecule has 0 aliphatic carbocycles. The molecule has 0 bridgehead atoms. The van der Waals surface area contributed by atoms with Crippen LogP contribution in [0.4, 0.5) is 17.1 Å². The number of halogens is 4. The number of thiophene rings is 2. The summed E-state index contributed by atoms with van der Waals surface area (Å²) in [6.45, 7) is 8.01. The Bertz CT molecular complexity index is 3210. The highest BCUT2D eigenvalue weighted by atomic mass is 35.5. The van der Waals surface area contributed by atoms with Crippen molar-refractivity contribution in [2.24, 2.45) is 0 Å². The third-order valence-electron chi connectivity index (χ3n) is 15.6. The van der Waals surface area contributed by atoms with E-state index in [1.165, 1.54) is 45.6 Å². The van der Waals surface area contributed by atoms with Gasteiger partial charge in [0.1, 0.15) is 34.0 Å². The maximum Gasteiger partial charge on any atom is 0.267 e. The molecular formula is C62H74Cl4N7O6S2+3. The lowest BCUT2D eigenvalue weighted by molar-refractivity contribution is -0.929. The highest BCUT2D eigenvalue weighted by Crippen LogP contribution is 2.36. The molecule has 3 aliphatic rings. The zero-order valence-corrected chi connectivity index (χ0v) is 51.6. The molecular weight excluding hydrogens is 1140 g/mol. The lowest BCUT2D eigenvalue weighted by atomic mass is 10.0. The number of hydrogen-bond acceptors (Lipinski definition) is 9. The van der Waals surface area contributed by atoms with Crippen molar-refractivity contribution < 1.29 is 42.0 Å². The molecule has 3 N–H and O–H groups in total. The molecule has 13 nitrogen and oxygen atoms in total. The molecule has 430 valence electrons. The topological polar surface area (TPSA) is 128 Å². The van der Waals surface area contributed by atoms with Crippen LogP contribution in [0.15, 0.2) is 121 Å². The van der Waals surface area contributed by atoms with E-state index in [-0.39, 0.29) is 17.7 Å². The van der Waals surface area contributed by atoms with Gasteiger partial charge in [-0.2, -0.15) is 0 Å². The quantitative estimate of drug-likeness (QED) is 0.0689. The molecule has 0 radical (unpaired) electrons. The van der Waals surface area contributed by atoms with Gasteiger partial charge in [0.15, 0.2) is 0 Å². The van der Waals surface area contributed by atoms with Crippen LogP contribution in [0.5, 0.6) is 0 Å². The van der Waals surface area contributed by atoms with Gasteiger partial charge in [-0.05, 0) is 60.7 Å². The third kappa shape index (κ3) is 17.5. The fourth-order valence-corrected chi connectivity index (χ4v) is 13.9. The smallest absolute Gasteiger partial charge is 0.267 e. The van der Waals surface area contributed by atoms with Gasteiger partial charge in [-0.3, -0.25) is 14.4 Å². The Morgan fingerprint density at radius 1 is 0.519 bits per heavy atom. The number of carbonyl (C=O) groups excluding carboxylic acids is 3. The number of aromatic nitrogens is 1. The fourth-order valence-electron chi connectivity index (χ4n) is 10.8. The van der Waals surface area contributed by atoms with E-state index in [2.05, 4.69) is 99.6 Å². The monoisotopic (exact) mass is 1220 g/mol. The summed E-state index contributed by atoms with van der Waals surface area (Å²) < 4.78 is 21.2. The number of quaternary nitrogens is 3. The minimum absolute atomic E-state index is 0.165. The minimum atomic E-state index is -0.246.